The number of Topliss-reactive ketones (excluding diaryl/α,β-unsaturated/α-hetero) is 1. The molecular formula is C13H11ClN2O2. The minimum absolute atomic E-state index is 0.0959. The highest BCUT2D eigenvalue weighted by Gasteiger charge is 2.09. The number of nitrogens with zero attached hydrogens (tertiary/aromatic N) is 2. The molecule has 1 heterocycles. The highest BCUT2D eigenvalue weighted by Crippen LogP contribution is 2.23. The number of hydrogen-bond acceptors (Lipinski definition) is 4. The van der Waals surface area contributed by atoms with E-state index in [0.717, 1.165) is 0 Å². The van der Waals surface area contributed by atoms with E-state index in [0.29, 0.717) is 22.2 Å². The number of halogens is 1. The molecule has 0 unspecified atom stereocenters. The summed E-state index contributed by atoms with van der Waals surface area (Å²) in [6.07, 6.45) is 3.28. The molecule has 2 aromatic rings. The van der Waals surface area contributed by atoms with Crippen LogP contribution >= 0.6 is 11.6 Å². The van der Waals surface area contributed by atoms with Gasteiger partial charge < -0.3 is 4.74 Å². The molecule has 0 saturated heterocycles. The SMILES string of the molecule is CC(=O)c1cc(Cl)ccc1OCc1ncccn1. The topological polar surface area (TPSA) is 52.1 Å². The van der Waals surface area contributed by atoms with Crippen molar-refractivity contribution in [2.45, 2.75) is 13.5 Å². The Balaban J connectivity index is 2.17. The number of aromatic nitrogens is 2. The molecule has 5 heteroatoms. The predicted octanol–water partition coefficient (Wildman–Crippen LogP) is 2.91. The average molecular weight is 263 g/mol. The molecule has 18 heavy (non-hydrogen) atoms. The van der Waals surface area contributed by atoms with Crippen LogP contribution in [0.2, 0.25) is 5.02 Å². The van der Waals surface area contributed by atoms with Crippen molar-refractivity contribution in [3.63, 3.8) is 0 Å². The molecule has 0 saturated carbocycles. The summed E-state index contributed by atoms with van der Waals surface area (Å²) in [4.78, 5) is 19.5. The Hall–Kier alpha value is -1.94. The third-order valence-electron chi connectivity index (χ3n) is 2.30. The Kier molecular flexibility index (Phi) is 3.89. The van der Waals surface area contributed by atoms with Gasteiger partial charge in [-0.1, -0.05) is 11.6 Å². The Bertz CT molecular complexity index is 558. The van der Waals surface area contributed by atoms with E-state index >= 15 is 0 Å². The normalized spacial score (nSPS) is 10.1. The van der Waals surface area contributed by atoms with Crippen LogP contribution in [-0.4, -0.2) is 15.8 Å². The second-order valence-electron chi connectivity index (χ2n) is 3.65. The van der Waals surface area contributed by atoms with E-state index in [1.54, 1.807) is 36.7 Å². The standard InChI is InChI=1S/C13H11ClN2O2/c1-9(17)11-7-10(14)3-4-12(11)18-8-13-15-5-2-6-16-13/h2-7H,8H2,1H3. The fourth-order valence-electron chi connectivity index (χ4n) is 1.45. The highest BCUT2D eigenvalue weighted by molar-refractivity contribution is 6.31. The number of ether oxygens (including phenoxy) is 1. The van der Waals surface area contributed by atoms with E-state index in [4.69, 9.17) is 16.3 Å². The smallest absolute Gasteiger partial charge is 0.166 e. The quantitative estimate of drug-likeness (QED) is 0.795. The van der Waals surface area contributed by atoms with Crippen LogP contribution < -0.4 is 4.74 Å². The first-order chi connectivity index (χ1) is 8.66. The van der Waals surface area contributed by atoms with Gasteiger partial charge in [0.1, 0.15) is 12.4 Å². The largest absolute Gasteiger partial charge is 0.485 e. The molecular weight excluding hydrogens is 252 g/mol. The minimum atomic E-state index is -0.0959. The third-order valence-corrected chi connectivity index (χ3v) is 2.53. The lowest BCUT2D eigenvalue weighted by atomic mass is 10.1. The Morgan fingerprint density at radius 3 is 2.72 bits per heavy atom. The Morgan fingerprint density at radius 1 is 1.33 bits per heavy atom. The minimum Gasteiger partial charge on any atom is -0.485 e. The van der Waals surface area contributed by atoms with Crippen LogP contribution in [0.3, 0.4) is 0 Å². The maximum absolute atomic E-state index is 11.5. The van der Waals surface area contributed by atoms with Crippen LogP contribution in [-0.2, 0) is 6.61 Å². The van der Waals surface area contributed by atoms with Gasteiger partial charge in [-0.15, -0.1) is 0 Å². The molecule has 0 N–H and O–H groups in total. The van der Waals surface area contributed by atoms with Crippen molar-refractivity contribution >= 4 is 17.4 Å². The molecule has 0 fully saturated rings. The molecule has 2 rings (SSSR count). The first kappa shape index (κ1) is 12.5. The summed E-state index contributed by atoms with van der Waals surface area (Å²) in [6.45, 7) is 1.68. The molecule has 1 aromatic heterocycles. The zero-order valence-electron chi connectivity index (χ0n) is 9.76. The number of ketones is 1. The second-order valence-corrected chi connectivity index (χ2v) is 4.09. The number of carbonyl (C=O) groups is 1. The van der Waals surface area contributed by atoms with Crippen molar-refractivity contribution < 1.29 is 9.53 Å². The van der Waals surface area contributed by atoms with E-state index in [-0.39, 0.29) is 12.4 Å². The van der Waals surface area contributed by atoms with Gasteiger partial charge in [-0.3, -0.25) is 4.79 Å². The van der Waals surface area contributed by atoms with Gasteiger partial charge in [0.15, 0.2) is 11.6 Å². The molecule has 0 bridgehead atoms. The van der Waals surface area contributed by atoms with Gasteiger partial charge in [0.05, 0.1) is 5.56 Å². The van der Waals surface area contributed by atoms with Crippen molar-refractivity contribution in [3.8, 4) is 5.75 Å². The summed E-state index contributed by atoms with van der Waals surface area (Å²) in [5, 5.41) is 0.503. The fourth-order valence-corrected chi connectivity index (χ4v) is 1.62. The molecule has 1 aromatic carbocycles. The molecule has 0 aliphatic carbocycles. The molecule has 0 spiro atoms. The zero-order chi connectivity index (χ0) is 13.0. The average Bonchev–Trinajstić information content (AvgIpc) is 2.38. The van der Waals surface area contributed by atoms with Crippen molar-refractivity contribution in [1.82, 2.24) is 9.97 Å². The summed E-state index contributed by atoms with van der Waals surface area (Å²) < 4.78 is 5.54. The molecule has 0 atom stereocenters. The van der Waals surface area contributed by atoms with E-state index in [2.05, 4.69) is 9.97 Å². The molecule has 4 nitrogen and oxygen atoms in total. The molecule has 92 valence electrons. The monoisotopic (exact) mass is 262 g/mol. The van der Waals surface area contributed by atoms with Crippen LogP contribution in [0, 0.1) is 0 Å². The van der Waals surface area contributed by atoms with E-state index in [1.807, 2.05) is 0 Å². The van der Waals surface area contributed by atoms with Crippen LogP contribution in [0.4, 0.5) is 0 Å². The highest BCUT2D eigenvalue weighted by atomic mass is 35.5. The number of hydrogen-bond donors (Lipinski definition) is 0. The van der Waals surface area contributed by atoms with Gasteiger partial charge in [0.2, 0.25) is 0 Å². The predicted molar refractivity (Wildman–Crippen MR) is 67.8 cm³/mol. The maximum Gasteiger partial charge on any atom is 0.166 e. The first-order valence-electron chi connectivity index (χ1n) is 5.36. The van der Waals surface area contributed by atoms with Crippen LogP contribution in [0.15, 0.2) is 36.7 Å². The molecule has 0 amide bonds. The lowest BCUT2D eigenvalue weighted by molar-refractivity contribution is 0.101. The first-order valence-corrected chi connectivity index (χ1v) is 5.74. The van der Waals surface area contributed by atoms with Gasteiger partial charge >= 0.3 is 0 Å². The Labute approximate surface area is 110 Å². The van der Waals surface area contributed by atoms with Gasteiger partial charge in [0.25, 0.3) is 0 Å². The van der Waals surface area contributed by atoms with Crippen LogP contribution in [0.5, 0.6) is 5.75 Å². The molecule has 0 aliphatic rings. The number of carbonyl (C=O) groups excluding carboxylic acids is 1. The van der Waals surface area contributed by atoms with Crippen molar-refractivity contribution in [3.05, 3.63) is 53.1 Å². The number of rotatable bonds is 4. The summed E-state index contributed by atoms with van der Waals surface area (Å²) >= 11 is 5.85. The number of benzene rings is 1. The van der Waals surface area contributed by atoms with Gasteiger partial charge in [-0.25, -0.2) is 9.97 Å². The van der Waals surface area contributed by atoms with E-state index < -0.39 is 0 Å². The van der Waals surface area contributed by atoms with Gasteiger partial charge in [-0.05, 0) is 31.2 Å². The molecule has 0 radical (unpaired) electrons. The van der Waals surface area contributed by atoms with Gasteiger partial charge in [-0.2, -0.15) is 0 Å². The lowest BCUT2D eigenvalue weighted by Gasteiger charge is -2.09. The summed E-state index contributed by atoms with van der Waals surface area (Å²) in [5.41, 5.74) is 0.457. The van der Waals surface area contributed by atoms with Crippen LogP contribution in [0.25, 0.3) is 0 Å². The van der Waals surface area contributed by atoms with E-state index in [1.165, 1.54) is 6.92 Å². The second kappa shape index (κ2) is 5.60. The fraction of sp³-hybridized carbons (Fsp3) is 0.154. The summed E-state index contributed by atoms with van der Waals surface area (Å²) in [7, 11) is 0. The van der Waals surface area contributed by atoms with Crippen LogP contribution in [0.1, 0.15) is 23.1 Å². The zero-order valence-corrected chi connectivity index (χ0v) is 10.5. The molecule has 0 aliphatic heterocycles. The van der Waals surface area contributed by atoms with E-state index in [9.17, 15) is 4.79 Å². The lowest BCUT2D eigenvalue weighted by Crippen LogP contribution is -2.04. The van der Waals surface area contributed by atoms with Gasteiger partial charge in [0, 0.05) is 17.4 Å². The van der Waals surface area contributed by atoms with Crippen molar-refractivity contribution in [2.75, 3.05) is 0 Å². The maximum atomic E-state index is 11.5. The third kappa shape index (κ3) is 3.05. The van der Waals surface area contributed by atoms with Crippen molar-refractivity contribution in [2.24, 2.45) is 0 Å². The Morgan fingerprint density at radius 2 is 2.06 bits per heavy atom. The van der Waals surface area contributed by atoms with Crippen molar-refractivity contribution in [1.29, 1.82) is 0 Å². The summed E-state index contributed by atoms with van der Waals surface area (Å²) in [6, 6.07) is 6.66. The summed E-state index contributed by atoms with van der Waals surface area (Å²) in [5.74, 6) is 0.947.